The summed E-state index contributed by atoms with van der Waals surface area (Å²) in [6, 6.07) is 5.03. The van der Waals surface area contributed by atoms with Crippen molar-refractivity contribution in [3.63, 3.8) is 0 Å². The van der Waals surface area contributed by atoms with E-state index in [-0.39, 0.29) is 47.2 Å². The van der Waals surface area contributed by atoms with E-state index in [1.54, 1.807) is 4.90 Å². The van der Waals surface area contributed by atoms with Gasteiger partial charge in [0.1, 0.15) is 11.6 Å². The topological polar surface area (TPSA) is 117 Å². The maximum atomic E-state index is 13.7. The predicted molar refractivity (Wildman–Crippen MR) is 140 cm³/mol. The Bertz CT molecular complexity index is 1180. The number of hydrogen-bond acceptors (Lipinski definition) is 6. The summed E-state index contributed by atoms with van der Waals surface area (Å²) in [5.41, 5.74) is 2.18. The minimum atomic E-state index is -0.623. The lowest BCUT2D eigenvalue weighted by Gasteiger charge is -2.71. The van der Waals surface area contributed by atoms with Crippen LogP contribution in [0.3, 0.4) is 0 Å². The third-order valence-electron chi connectivity index (χ3n) is 8.88. The minimum absolute atomic E-state index is 0.0309. The number of fused-ring (bicyclic) bond motifs is 1. The number of nitrogens with one attached hydrogen (secondary N) is 3. The molecule has 204 valence electrons. The van der Waals surface area contributed by atoms with Crippen LogP contribution < -0.4 is 16.0 Å². The van der Waals surface area contributed by atoms with E-state index in [4.69, 9.17) is 4.74 Å². The number of benzene rings is 1. The number of carbonyl (C=O) groups excluding carboxylic acids is 4. The summed E-state index contributed by atoms with van der Waals surface area (Å²) in [6.07, 6.45) is 7.41. The van der Waals surface area contributed by atoms with E-state index in [0.717, 1.165) is 43.4 Å². The molecular weight excluding hydrogens is 484 g/mol. The number of carbonyl (C=O) groups is 4. The molecule has 6 aliphatic rings. The molecule has 2 heterocycles. The third-order valence-corrected chi connectivity index (χ3v) is 8.88. The number of piperidine rings is 1. The summed E-state index contributed by atoms with van der Waals surface area (Å²) in [5.74, 6) is -0.0550. The van der Waals surface area contributed by atoms with E-state index in [0.29, 0.717) is 24.4 Å². The minimum Gasteiger partial charge on any atom is -0.444 e. The van der Waals surface area contributed by atoms with Crippen LogP contribution in [0.1, 0.15) is 101 Å². The molecule has 9 heteroatoms. The van der Waals surface area contributed by atoms with Gasteiger partial charge in [-0.2, -0.15) is 0 Å². The van der Waals surface area contributed by atoms with Gasteiger partial charge in [0.05, 0.1) is 6.04 Å². The molecule has 1 saturated heterocycles. The van der Waals surface area contributed by atoms with Gasteiger partial charge in [-0.05, 0) is 82.8 Å². The first-order valence-electron chi connectivity index (χ1n) is 14.0. The van der Waals surface area contributed by atoms with E-state index in [1.807, 2.05) is 32.9 Å². The predicted octanol–water partition coefficient (Wildman–Crippen LogP) is 4.04. The summed E-state index contributed by atoms with van der Waals surface area (Å²) in [7, 11) is 0. The van der Waals surface area contributed by atoms with Crippen molar-refractivity contribution in [1.82, 2.24) is 15.5 Å². The maximum absolute atomic E-state index is 13.7. The van der Waals surface area contributed by atoms with Gasteiger partial charge in [-0.1, -0.05) is 18.9 Å². The van der Waals surface area contributed by atoms with E-state index < -0.39 is 11.6 Å². The fraction of sp³-hybridized carbons (Fsp3) is 0.655. The van der Waals surface area contributed by atoms with Gasteiger partial charge in [-0.3, -0.25) is 19.7 Å². The molecule has 9 nitrogen and oxygen atoms in total. The molecular formula is C29H38N4O5. The zero-order chi connectivity index (χ0) is 26.9. The van der Waals surface area contributed by atoms with Gasteiger partial charge in [0.15, 0.2) is 0 Å². The lowest BCUT2D eigenvalue weighted by molar-refractivity contribution is -0.137. The van der Waals surface area contributed by atoms with Crippen LogP contribution in [0.25, 0.3) is 0 Å². The van der Waals surface area contributed by atoms with Crippen molar-refractivity contribution in [1.29, 1.82) is 0 Å². The van der Waals surface area contributed by atoms with Gasteiger partial charge in [-0.25, -0.2) is 4.79 Å². The highest BCUT2D eigenvalue weighted by Crippen LogP contribution is 2.68. The lowest BCUT2D eigenvalue weighted by Crippen LogP contribution is -2.73. The average molecular weight is 523 g/mol. The number of amides is 4. The molecule has 4 amide bonds. The summed E-state index contributed by atoms with van der Waals surface area (Å²) < 4.78 is 5.38. The quantitative estimate of drug-likeness (QED) is 0.444. The third kappa shape index (κ3) is 4.54. The van der Waals surface area contributed by atoms with Crippen molar-refractivity contribution < 1.29 is 23.9 Å². The number of nitrogens with zero attached hydrogens (tertiary/aromatic N) is 1. The summed E-state index contributed by atoms with van der Waals surface area (Å²) in [6.45, 7) is 6.17. The van der Waals surface area contributed by atoms with Crippen LogP contribution in [0.2, 0.25) is 0 Å². The smallest absolute Gasteiger partial charge is 0.407 e. The first-order valence-corrected chi connectivity index (χ1v) is 14.0. The number of alkyl carbamates (subject to hydrolysis) is 1. The molecule has 0 aromatic heterocycles. The van der Waals surface area contributed by atoms with Gasteiger partial charge in [0.25, 0.3) is 5.91 Å². The Hall–Kier alpha value is -3.10. The zero-order valence-corrected chi connectivity index (χ0v) is 22.5. The highest BCUT2D eigenvalue weighted by molar-refractivity contribution is 6.06. The Morgan fingerprint density at radius 3 is 2.50 bits per heavy atom. The molecule has 1 aromatic carbocycles. The van der Waals surface area contributed by atoms with Gasteiger partial charge in [0, 0.05) is 35.3 Å². The highest BCUT2D eigenvalue weighted by Gasteiger charge is 2.68. The maximum Gasteiger partial charge on any atom is 0.407 e. The van der Waals surface area contributed by atoms with Gasteiger partial charge >= 0.3 is 6.09 Å². The lowest BCUT2D eigenvalue weighted by atomic mass is 9.39. The number of ether oxygens (including phenoxy) is 1. The summed E-state index contributed by atoms with van der Waals surface area (Å²) >= 11 is 0. The van der Waals surface area contributed by atoms with Crippen molar-refractivity contribution in [2.45, 2.75) is 102 Å². The first-order chi connectivity index (χ1) is 18.0. The van der Waals surface area contributed by atoms with Gasteiger partial charge in [0.2, 0.25) is 11.8 Å². The zero-order valence-electron chi connectivity index (χ0n) is 22.5. The van der Waals surface area contributed by atoms with Crippen LogP contribution in [0, 0.1) is 11.3 Å². The van der Waals surface area contributed by atoms with Crippen LogP contribution in [0.15, 0.2) is 18.2 Å². The van der Waals surface area contributed by atoms with Crippen LogP contribution in [0.4, 0.5) is 10.5 Å². The molecule has 0 radical (unpaired) electrons. The molecule has 5 fully saturated rings. The highest BCUT2D eigenvalue weighted by atomic mass is 16.6. The second-order valence-corrected chi connectivity index (χ2v) is 13.3. The standard InChI is InChI=1S/C29H38N4O5/c1-27(2,3)38-26(37)30-16-28-13-29(14-28,15-28)32-19-6-4-5-18-23(19)20(10-9-17-7-8-17)33(25(18)36)21-11-12-22(34)31-24(21)35/h4-6,17,20-21,32H,7-16H2,1-3H3,(H,30,37)(H,31,34,35). The molecule has 1 aromatic rings. The van der Waals surface area contributed by atoms with Crippen molar-refractivity contribution in [3.8, 4) is 0 Å². The SMILES string of the molecule is CC(C)(C)OC(=O)NCC12CC(Nc3cccc4c3C(CCC3CC3)N(C3CCC(=O)NC3=O)C4=O)(C1)C2. The Morgan fingerprint density at radius 1 is 1.11 bits per heavy atom. The van der Waals surface area contributed by atoms with Crippen molar-refractivity contribution in [2.75, 3.05) is 11.9 Å². The molecule has 3 N–H and O–H groups in total. The molecule has 4 aliphatic carbocycles. The molecule has 2 atom stereocenters. The monoisotopic (exact) mass is 522 g/mol. The molecule has 7 rings (SSSR count). The number of anilines is 1. The number of imide groups is 1. The van der Waals surface area contributed by atoms with Crippen LogP contribution >= 0.6 is 0 Å². The normalized spacial score (nSPS) is 31.7. The van der Waals surface area contributed by atoms with E-state index in [2.05, 4.69) is 22.0 Å². The average Bonchev–Trinajstić information content (AvgIpc) is 3.57. The van der Waals surface area contributed by atoms with E-state index in [1.165, 1.54) is 12.8 Å². The van der Waals surface area contributed by atoms with E-state index in [9.17, 15) is 19.2 Å². The van der Waals surface area contributed by atoms with E-state index >= 15 is 0 Å². The molecule has 2 unspecified atom stereocenters. The fourth-order valence-corrected chi connectivity index (χ4v) is 7.21. The molecule has 38 heavy (non-hydrogen) atoms. The Morgan fingerprint density at radius 2 is 1.84 bits per heavy atom. The second kappa shape index (κ2) is 8.71. The largest absolute Gasteiger partial charge is 0.444 e. The molecule has 2 bridgehead atoms. The van der Waals surface area contributed by atoms with Crippen molar-refractivity contribution in [3.05, 3.63) is 29.3 Å². The van der Waals surface area contributed by atoms with Crippen molar-refractivity contribution in [2.24, 2.45) is 11.3 Å². The molecule has 0 spiro atoms. The Kier molecular flexibility index (Phi) is 5.78. The van der Waals surface area contributed by atoms with Crippen molar-refractivity contribution >= 4 is 29.5 Å². The van der Waals surface area contributed by atoms with Gasteiger partial charge < -0.3 is 20.3 Å². The molecule has 4 saturated carbocycles. The van der Waals surface area contributed by atoms with Gasteiger partial charge in [-0.15, -0.1) is 0 Å². The fourth-order valence-electron chi connectivity index (χ4n) is 7.21. The number of hydrogen-bond donors (Lipinski definition) is 3. The first kappa shape index (κ1) is 25.2. The van der Waals surface area contributed by atoms with Crippen LogP contribution in [0.5, 0.6) is 0 Å². The summed E-state index contributed by atoms with van der Waals surface area (Å²) in [4.78, 5) is 52.1. The van der Waals surface area contributed by atoms with Crippen LogP contribution in [-0.4, -0.2) is 52.4 Å². The number of rotatable bonds is 8. The Labute approximate surface area is 223 Å². The second-order valence-electron chi connectivity index (χ2n) is 13.3. The molecule has 2 aliphatic heterocycles. The Balaban J connectivity index is 1.17. The summed E-state index contributed by atoms with van der Waals surface area (Å²) in [5, 5.41) is 9.16. The van der Waals surface area contributed by atoms with Crippen LogP contribution in [-0.2, 0) is 14.3 Å².